The van der Waals surface area contributed by atoms with Crippen LogP contribution in [0.25, 0.3) is 0 Å². The van der Waals surface area contributed by atoms with Crippen LogP contribution >= 0.6 is 0 Å². The maximum absolute atomic E-state index is 11.2. The third-order valence-electron chi connectivity index (χ3n) is 1.96. The van der Waals surface area contributed by atoms with Gasteiger partial charge >= 0.3 is 6.09 Å². The van der Waals surface area contributed by atoms with Crippen molar-refractivity contribution in [3.63, 3.8) is 0 Å². The molecule has 0 aromatic carbocycles. The second-order valence-electron chi connectivity index (χ2n) is 4.90. The van der Waals surface area contributed by atoms with Crippen molar-refractivity contribution in [3.05, 3.63) is 0 Å². The first kappa shape index (κ1) is 14.2. The highest BCUT2D eigenvalue weighted by atomic mass is 16.6. The second-order valence-corrected chi connectivity index (χ2v) is 4.90. The van der Waals surface area contributed by atoms with Gasteiger partial charge in [-0.05, 0) is 46.1 Å². The van der Waals surface area contributed by atoms with Crippen molar-refractivity contribution < 1.29 is 9.53 Å². The van der Waals surface area contributed by atoms with E-state index in [2.05, 4.69) is 12.2 Å². The fraction of sp³-hybridized carbons (Fsp3) is 0.909. The van der Waals surface area contributed by atoms with E-state index in [-0.39, 0.29) is 6.09 Å². The number of alkyl carbamates (subject to hydrolysis) is 1. The molecule has 0 saturated carbocycles. The van der Waals surface area contributed by atoms with Gasteiger partial charge in [-0.1, -0.05) is 6.92 Å². The zero-order valence-corrected chi connectivity index (χ0v) is 10.3. The Kier molecular flexibility index (Phi) is 6.32. The van der Waals surface area contributed by atoms with Gasteiger partial charge in [0.1, 0.15) is 5.60 Å². The fourth-order valence-corrected chi connectivity index (χ4v) is 1.16. The first-order chi connectivity index (χ1) is 6.85. The number of rotatable bonds is 5. The molecule has 4 heteroatoms. The molecule has 1 atom stereocenters. The molecule has 0 saturated heterocycles. The highest BCUT2D eigenvalue weighted by molar-refractivity contribution is 5.67. The lowest BCUT2D eigenvalue weighted by atomic mass is 10.0. The zero-order chi connectivity index (χ0) is 11.9. The molecule has 0 aliphatic rings. The summed E-state index contributed by atoms with van der Waals surface area (Å²) in [4.78, 5) is 11.2. The highest BCUT2D eigenvalue weighted by Crippen LogP contribution is 2.07. The summed E-state index contributed by atoms with van der Waals surface area (Å²) in [6, 6.07) is 0. The Hall–Kier alpha value is -0.770. The van der Waals surface area contributed by atoms with Gasteiger partial charge in [-0.25, -0.2) is 4.79 Å². The normalized spacial score (nSPS) is 13.4. The molecule has 3 N–H and O–H groups in total. The van der Waals surface area contributed by atoms with Crippen molar-refractivity contribution >= 4 is 6.09 Å². The van der Waals surface area contributed by atoms with E-state index in [0.29, 0.717) is 19.0 Å². The van der Waals surface area contributed by atoms with E-state index < -0.39 is 5.60 Å². The number of hydrogen-bond donors (Lipinski definition) is 2. The predicted molar refractivity (Wildman–Crippen MR) is 61.7 cm³/mol. The van der Waals surface area contributed by atoms with Crippen LogP contribution in [0.4, 0.5) is 4.79 Å². The van der Waals surface area contributed by atoms with Gasteiger partial charge in [-0.15, -0.1) is 0 Å². The quantitative estimate of drug-likeness (QED) is 0.737. The first-order valence-electron chi connectivity index (χ1n) is 5.52. The first-order valence-corrected chi connectivity index (χ1v) is 5.52. The SMILES string of the molecule is C[C@H](CCN)CCNC(=O)OC(C)(C)C. The largest absolute Gasteiger partial charge is 0.444 e. The Morgan fingerprint density at radius 2 is 2.00 bits per heavy atom. The van der Waals surface area contributed by atoms with Gasteiger partial charge < -0.3 is 15.8 Å². The van der Waals surface area contributed by atoms with Crippen LogP contribution in [-0.4, -0.2) is 24.8 Å². The molecule has 0 aliphatic carbocycles. The Morgan fingerprint density at radius 1 is 1.40 bits per heavy atom. The molecule has 0 bridgehead atoms. The van der Waals surface area contributed by atoms with E-state index in [9.17, 15) is 4.79 Å². The standard InChI is InChI=1S/C11H24N2O2/c1-9(5-7-12)6-8-13-10(14)15-11(2,3)4/h9H,5-8,12H2,1-4H3,(H,13,14)/t9-/m1/s1. The van der Waals surface area contributed by atoms with Crippen molar-refractivity contribution in [2.45, 2.75) is 46.1 Å². The van der Waals surface area contributed by atoms with Crippen molar-refractivity contribution in [2.24, 2.45) is 11.7 Å². The summed E-state index contributed by atoms with van der Waals surface area (Å²) >= 11 is 0. The van der Waals surface area contributed by atoms with Gasteiger partial charge in [0.15, 0.2) is 0 Å². The minimum atomic E-state index is -0.424. The average Bonchev–Trinajstić information content (AvgIpc) is 2.00. The number of carbonyl (C=O) groups excluding carboxylic acids is 1. The minimum absolute atomic E-state index is 0.345. The third-order valence-corrected chi connectivity index (χ3v) is 1.96. The van der Waals surface area contributed by atoms with E-state index in [1.807, 2.05) is 20.8 Å². The van der Waals surface area contributed by atoms with E-state index >= 15 is 0 Å². The maximum atomic E-state index is 11.2. The lowest BCUT2D eigenvalue weighted by molar-refractivity contribution is 0.0525. The van der Waals surface area contributed by atoms with Crippen molar-refractivity contribution in [1.82, 2.24) is 5.32 Å². The van der Waals surface area contributed by atoms with Crippen LogP contribution < -0.4 is 11.1 Å². The van der Waals surface area contributed by atoms with E-state index in [1.54, 1.807) is 0 Å². The number of carbonyl (C=O) groups is 1. The van der Waals surface area contributed by atoms with Gasteiger partial charge in [0.2, 0.25) is 0 Å². The van der Waals surface area contributed by atoms with Gasteiger partial charge in [-0.3, -0.25) is 0 Å². The molecule has 1 amide bonds. The third kappa shape index (κ3) is 9.53. The Morgan fingerprint density at radius 3 is 2.47 bits per heavy atom. The second kappa shape index (κ2) is 6.67. The van der Waals surface area contributed by atoms with E-state index in [1.165, 1.54) is 0 Å². The lowest BCUT2D eigenvalue weighted by Gasteiger charge is -2.20. The summed E-state index contributed by atoms with van der Waals surface area (Å²) in [7, 11) is 0. The molecule has 4 nitrogen and oxygen atoms in total. The van der Waals surface area contributed by atoms with Crippen molar-refractivity contribution in [3.8, 4) is 0 Å². The van der Waals surface area contributed by atoms with Crippen molar-refractivity contribution in [2.75, 3.05) is 13.1 Å². The molecule has 0 aromatic heterocycles. The number of ether oxygens (including phenoxy) is 1. The summed E-state index contributed by atoms with van der Waals surface area (Å²) in [5.41, 5.74) is 5.01. The molecule has 0 heterocycles. The summed E-state index contributed by atoms with van der Waals surface area (Å²) in [6.07, 6.45) is 1.59. The van der Waals surface area contributed by atoms with Gasteiger partial charge in [0, 0.05) is 6.54 Å². The van der Waals surface area contributed by atoms with E-state index in [4.69, 9.17) is 10.5 Å². The Balaban J connectivity index is 3.55. The molecule has 0 radical (unpaired) electrons. The molecule has 15 heavy (non-hydrogen) atoms. The number of hydrogen-bond acceptors (Lipinski definition) is 3. The van der Waals surface area contributed by atoms with E-state index in [0.717, 1.165) is 12.8 Å². The van der Waals surface area contributed by atoms with Gasteiger partial charge in [-0.2, -0.15) is 0 Å². The Bertz CT molecular complexity index is 188. The average molecular weight is 216 g/mol. The van der Waals surface area contributed by atoms with Crippen LogP contribution in [-0.2, 0) is 4.74 Å². The maximum Gasteiger partial charge on any atom is 0.407 e. The van der Waals surface area contributed by atoms with Crippen LogP contribution in [0.1, 0.15) is 40.5 Å². The molecule has 0 rings (SSSR count). The molecule has 0 spiro atoms. The van der Waals surface area contributed by atoms with Crippen LogP contribution in [0, 0.1) is 5.92 Å². The lowest BCUT2D eigenvalue weighted by Crippen LogP contribution is -2.33. The molecule has 0 unspecified atom stereocenters. The molecular weight excluding hydrogens is 192 g/mol. The molecular formula is C11H24N2O2. The van der Waals surface area contributed by atoms with Gasteiger partial charge in [0.05, 0.1) is 0 Å². The van der Waals surface area contributed by atoms with Crippen LogP contribution in [0.3, 0.4) is 0 Å². The Labute approximate surface area is 92.6 Å². The van der Waals surface area contributed by atoms with Crippen LogP contribution in [0.5, 0.6) is 0 Å². The van der Waals surface area contributed by atoms with Crippen molar-refractivity contribution in [1.29, 1.82) is 0 Å². The number of amides is 1. The zero-order valence-electron chi connectivity index (χ0n) is 10.3. The molecule has 90 valence electrons. The molecule has 0 fully saturated rings. The number of nitrogens with two attached hydrogens (primary N) is 1. The molecule has 0 aliphatic heterocycles. The number of nitrogens with one attached hydrogen (secondary N) is 1. The summed E-state index contributed by atoms with van der Waals surface area (Å²) in [5, 5.41) is 2.73. The van der Waals surface area contributed by atoms with Crippen LogP contribution in [0.2, 0.25) is 0 Å². The molecule has 0 aromatic rings. The highest BCUT2D eigenvalue weighted by Gasteiger charge is 2.15. The topological polar surface area (TPSA) is 64.3 Å². The fourth-order valence-electron chi connectivity index (χ4n) is 1.16. The van der Waals surface area contributed by atoms with Crippen LogP contribution in [0.15, 0.2) is 0 Å². The summed E-state index contributed by atoms with van der Waals surface area (Å²) in [5.74, 6) is 0.546. The summed E-state index contributed by atoms with van der Waals surface area (Å²) < 4.78 is 5.10. The monoisotopic (exact) mass is 216 g/mol. The minimum Gasteiger partial charge on any atom is -0.444 e. The summed E-state index contributed by atoms with van der Waals surface area (Å²) in [6.45, 7) is 9.03. The van der Waals surface area contributed by atoms with Gasteiger partial charge in [0.25, 0.3) is 0 Å². The predicted octanol–water partition coefficient (Wildman–Crippen LogP) is 1.89. The smallest absolute Gasteiger partial charge is 0.407 e.